The molecule has 2 aromatic carbocycles. The van der Waals surface area contributed by atoms with Crippen LogP contribution < -0.4 is 10.1 Å². The van der Waals surface area contributed by atoms with E-state index in [-0.39, 0.29) is 5.75 Å². The van der Waals surface area contributed by atoms with E-state index in [1.807, 2.05) is 18.2 Å². The summed E-state index contributed by atoms with van der Waals surface area (Å²) in [7, 11) is 0. The Morgan fingerprint density at radius 1 is 1.27 bits per heavy atom. The van der Waals surface area contributed by atoms with Crippen LogP contribution in [0.3, 0.4) is 0 Å². The Morgan fingerprint density at radius 2 is 2.15 bits per heavy atom. The van der Waals surface area contributed by atoms with E-state index < -0.39 is 0 Å². The van der Waals surface area contributed by atoms with E-state index in [9.17, 15) is 5.11 Å². The van der Waals surface area contributed by atoms with E-state index >= 15 is 0 Å². The monoisotopic (exact) mass is 367 g/mol. The van der Waals surface area contributed by atoms with E-state index in [0.29, 0.717) is 28.7 Å². The molecule has 26 heavy (non-hydrogen) atoms. The molecule has 3 rings (SSSR count). The highest BCUT2D eigenvalue weighted by molar-refractivity contribution is 6.30. The fraction of sp³-hybridized carbons (Fsp3) is 0.150. The molecule has 0 saturated heterocycles. The van der Waals surface area contributed by atoms with Crippen LogP contribution in [0.1, 0.15) is 12.8 Å². The Kier molecular flexibility index (Phi) is 5.74. The van der Waals surface area contributed by atoms with E-state index in [1.165, 1.54) is 6.33 Å². The number of benzene rings is 2. The Bertz CT molecular complexity index is 968. The van der Waals surface area contributed by atoms with Gasteiger partial charge in [0.2, 0.25) is 0 Å². The van der Waals surface area contributed by atoms with Crippen molar-refractivity contribution < 1.29 is 9.84 Å². The molecule has 0 aliphatic carbocycles. The van der Waals surface area contributed by atoms with Crippen molar-refractivity contribution in [1.29, 1.82) is 0 Å². The Morgan fingerprint density at radius 3 is 2.96 bits per heavy atom. The summed E-state index contributed by atoms with van der Waals surface area (Å²) >= 11 is 6.03. The molecule has 1 heterocycles. The second-order valence-electron chi connectivity index (χ2n) is 5.59. The average Bonchev–Trinajstić information content (AvgIpc) is 2.62. The fourth-order valence-electron chi connectivity index (χ4n) is 2.46. The number of phenols is 1. The van der Waals surface area contributed by atoms with Crippen molar-refractivity contribution >= 4 is 34.0 Å². The molecule has 0 amide bonds. The number of hydrogen-bond acceptors (Lipinski definition) is 5. The molecule has 1 aromatic heterocycles. The average molecular weight is 368 g/mol. The Labute approximate surface area is 156 Å². The molecule has 0 aliphatic heterocycles. The molecular weight excluding hydrogens is 350 g/mol. The number of phenolic OH excluding ortho intramolecular Hbond substituents is 1. The number of unbranched alkanes of at least 4 members (excludes halogenated alkanes) is 1. The van der Waals surface area contributed by atoms with Gasteiger partial charge in [-0.15, -0.1) is 5.73 Å². The van der Waals surface area contributed by atoms with Gasteiger partial charge in [0.15, 0.2) is 11.5 Å². The number of nitrogens with one attached hydrogen (secondary N) is 1. The zero-order valence-corrected chi connectivity index (χ0v) is 14.8. The van der Waals surface area contributed by atoms with Crippen molar-refractivity contribution in [1.82, 2.24) is 9.97 Å². The molecule has 0 radical (unpaired) electrons. The SMILES string of the molecule is C=C=CCCCOc1cc2c(Nc3cccc(Cl)c3)ncnc2cc1O. The van der Waals surface area contributed by atoms with Gasteiger partial charge >= 0.3 is 0 Å². The minimum Gasteiger partial charge on any atom is -0.504 e. The summed E-state index contributed by atoms with van der Waals surface area (Å²) in [6, 6.07) is 10.7. The van der Waals surface area contributed by atoms with Gasteiger partial charge in [0, 0.05) is 22.2 Å². The first-order valence-electron chi connectivity index (χ1n) is 8.15. The van der Waals surface area contributed by atoms with Gasteiger partial charge in [0.1, 0.15) is 12.1 Å². The normalized spacial score (nSPS) is 10.3. The number of halogens is 1. The van der Waals surface area contributed by atoms with Gasteiger partial charge < -0.3 is 15.2 Å². The van der Waals surface area contributed by atoms with Crippen molar-refractivity contribution in [3.05, 3.63) is 66.1 Å². The van der Waals surface area contributed by atoms with E-state index in [0.717, 1.165) is 23.9 Å². The minimum atomic E-state index is 0.0455. The number of anilines is 2. The number of allylic oxidation sites excluding steroid dienone is 1. The molecule has 3 aromatic rings. The number of nitrogens with zero attached hydrogens (tertiary/aromatic N) is 2. The summed E-state index contributed by atoms with van der Waals surface area (Å²) in [5, 5.41) is 14.8. The van der Waals surface area contributed by atoms with Crippen molar-refractivity contribution in [2.45, 2.75) is 12.8 Å². The van der Waals surface area contributed by atoms with Gasteiger partial charge in [-0.05, 0) is 43.2 Å². The predicted octanol–water partition coefficient (Wildman–Crippen LogP) is 5.23. The standard InChI is InChI=1S/C20H18ClN3O2/c1-2-3-4-5-9-26-19-11-16-17(12-18(19)25)22-13-23-20(16)24-15-8-6-7-14(21)10-15/h3,6-8,10-13,25H,1,4-5,9H2,(H,22,23,24). The summed E-state index contributed by atoms with van der Waals surface area (Å²) in [6.45, 7) is 4.00. The van der Waals surface area contributed by atoms with Crippen LogP contribution in [0.4, 0.5) is 11.5 Å². The number of aromatic nitrogens is 2. The number of fused-ring (bicyclic) bond motifs is 1. The molecule has 0 atom stereocenters. The maximum atomic E-state index is 10.2. The summed E-state index contributed by atoms with van der Waals surface area (Å²) in [5.41, 5.74) is 4.15. The van der Waals surface area contributed by atoms with E-state index in [4.69, 9.17) is 16.3 Å². The lowest BCUT2D eigenvalue weighted by molar-refractivity contribution is 0.295. The highest BCUT2D eigenvalue weighted by atomic mass is 35.5. The van der Waals surface area contributed by atoms with Gasteiger partial charge in [-0.1, -0.05) is 24.2 Å². The van der Waals surface area contributed by atoms with Crippen LogP contribution in [-0.2, 0) is 0 Å². The second-order valence-corrected chi connectivity index (χ2v) is 6.03. The molecule has 0 saturated carbocycles. The number of rotatable bonds is 7. The highest BCUT2D eigenvalue weighted by Gasteiger charge is 2.11. The quantitative estimate of drug-likeness (QED) is 0.442. The third-order valence-corrected chi connectivity index (χ3v) is 3.93. The highest BCUT2D eigenvalue weighted by Crippen LogP contribution is 2.34. The van der Waals surface area contributed by atoms with Crippen LogP contribution in [0, 0.1) is 0 Å². The lowest BCUT2D eigenvalue weighted by Crippen LogP contribution is -1.99. The lowest BCUT2D eigenvalue weighted by Gasteiger charge is -2.12. The zero-order valence-electron chi connectivity index (χ0n) is 14.1. The number of aromatic hydroxyl groups is 1. The first-order chi connectivity index (χ1) is 12.7. The predicted molar refractivity (Wildman–Crippen MR) is 104 cm³/mol. The van der Waals surface area contributed by atoms with Crippen LogP contribution in [0.25, 0.3) is 10.9 Å². The minimum absolute atomic E-state index is 0.0455. The van der Waals surface area contributed by atoms with Crippen molar-refractivity contribution in [3.8, 4) is 11.5 Å². The first-order valence-corrected chi connectivity index (χ1v) is 8.52. The van der Waals surface area contributed by atoms with Crippen LogP contribution in [0.5, 0.6) is 11.5 Å². The van der Waals surface area contributed by atoms with Crippen molar-refractivity contribution in [2.75, 3.05) is 11.9 Å². The number of ether oxygens (including phenoxy) is 1. The van der Waals surface area contributed by atoms with Gasteiger partial charge in [-0.25, -0.2) is 9.97 Å². The first kappa shape index (κ1) is 17.8. The molecule has 0 bridgehead atoms. The lowest BCUT2D eigenvalue weighted by atomic mass is 10.2. The third kappa shape index (κ3) is 4.33. The van der Waals surface area contributed by atoms with Crippen molar-refractivity contribution in [2.24, 2.45) is 0 Å². The maximum absolute atomic E-state index is 10.2. The molecular formula is C20H18ClN3O2. The topological polar surface area (TPSA) is 67.3 Å². The molecule has 2 N–H and O–H groups in total. The van der Waals surface area contributed by atoms with Gasteiger partial charge in [-0.2, -0.15) is 0 Å². The Hall–Kier alpha value is -3.01. The van der Waals surface area contributed by atoms with E-state index in [1.54, 1.807) is 24.3 Å². The zero-order chi connectivity index (χ0) is 18.4. The summed E-state index contributed by atoms with van der Waals surface area (Å²) in [5.74, 6) is 1.05. The van der Waals surface area contributed by atoms with Crippen LogP contribution in [0.2, 0.25) is 5.02 Å². The molecule has 0 aliphatic rings. The fourth-order valence-corrected chi connectivity index (χ4v) is 2.65. The maximum Gasteiger partial charge on any atom is 0.161 e. The number of hydrogen-bond donors (Lipinski definition) is 2. The summed E-state index contributed by atoms with van der Waals surface area (Å²) in [6.07, 6.45) is 4.92. The van der Waals surface area contributed by atoms with Crippen molar-refractivity contribution in [3.63, 3.8) is 0 Å². The van der Waals surface area contributed by atoms with Crippen LogP contribution >= 0.6 is 11.6 Å². The smallest absolute Gasteiger partial charge is 0.161 e. The molecule has 5 nitrogen and oxygen atoms in total. The second kappa shape index (κ2) is 8.39. The van der Waals surface area contributed by atoms with Gasteiger partial charge in [0.25, 0.3) is 0 Å². The van der Waals surface area contributed by atoms with Crippen LogP contribution in [-0.4, -0.2) is 21.7 Å². The molecule has 0 spiro atoms. The Balaban J connectivity index is 1.87. The third-order valence-electron chi connectivity index (χ3n) is 3.70. The summed E-state index contributed by atoms with van der Waals surface area (Å²) < 4.78 is 5.69. The van der Waals surface area contributed by atoms with Gasteiger partial charge in [0.05, 0.1) is 12.1 Å². The van der Waals surface area contributed by atoms with Crippen LogP contribution in [0.15, 0.2) is 61.1 Å². The van der Waals surface area contributed by atoms with Gasteiger partial charge in [-0.3, -0.25) is 0 Å². The van der Waals surface area contributed by atoms with E-state index in [2.05, 4.69) is 27.6 Å². The largest absolute Gasteiger partial charge is 0.504 e. The summed E-state index contributed by atoms with van der Waals surface area (Å²) in [4.78, 5) is 8.51. The molecule has 6 heteroatoms. The molecule has 0 unspecified atom stereocenters. The molecule has 0 fully saturated rings. The molecule has 132 valence electrons.